The normalized spacial score (nSPS) is 23.0. The van der Waals surface area contributed by atoms with Gasteiger partial charge in [0.2, 0.25) is 0 Å². The molecule has 4 atom stereocenters. The van der Waals surface area contributed by atoms with Gasteiger partial charge in [0.1, 0.15) is 23.7 Å². The highest BCUT2D eigenvalue weighted by Crippen LogP contribution is 2.46. The maximum absolute atomic E-state index is 12.2. The maximum atomic E-state index is 12.2. The van der Waals surface area contributed by atoms with Gasteiger partial charge in [-0.25, -0.2) is 4.79 Å². The third-order valence-corrected chi connectivity index (χ3v) is 5.16. The summed E-state index contributed by atoms with van der Waals surface area (Å²) in [5, 5.41) is 11.6. The predicted molar refractivity (Wildman–Crippen MR) is 103 cm³/mol. The fourth-order valence-corrected chi connectivity index (χ4v) is 3.63. The fourth-order valence-electron chi connectivity index (χ4n) is 3.63. The predicted octanol–water partition coefficient (Wildman–Crippen LogP) is 3.61. The molecule has 0 radical (unpaired) electrons. The molecular formula is C21H28O6. The van der Waals surface area contributed by atoms with Crippen molar-refractivity contribution >= 4 is 11.0 Å². The Bertz CT molecular complexity index is 871. The molecule has 0 aliphatic carbocycles. The van der Waals surface area contributed by atoms with E-state index >= 15 is 0 Å². The van der Waals surface area contributed by atoms with Crippen molar-refractivity contribution in [3.8, 4) is 11.5 Å². The summed E-state index contributed by atoms with van der Waals surface area (Å²) in [5.41, 5.74) is 1.30. The molecule has 27 heavy (non-hydrogen) atoms. The van der Waals surface area contributed by atoms with Gasteiger partial charge in [-0.2, -0.15) is 0 Å². The Hall–Kier alpha value is -2.05. The molecule has 1 aliphatic rings. The van der Waals surface area contributed by atoms with Gasteiger partial charge < -0.3 is 23.7 Å². The first-order chi connectivity index (χ1) is 12.9. The Morgan fingerprint density at radius 2 is 2.04 bits per heavy atom. The van der Waals surface area contributed by atoms with E-state index in [0.717, 1.165) is 17.4 Å². The number of fused-ring (bicyclic) bond motifs is 3. The Labute approximate surface area is 159 Å². The topological polar surface area (TPSA) is 78.1 Å². The molecule has 0 saturated carbocycles. The quantitative estimate of drug-likeness (QED) is 0.776. The molecule has 0 amide bonds. The van der Waals surface area contributed by atoms with Crippen molar-refractivity contribution in [1.82, 2.24) is 0 Å². The van der Waals surface area contributed by atoms with E-state index in [2.05, 4.69) is 6.92 Å². The van der Waals surface area contributed by atoms with Crippen LogP contribution in [-0.4, -0.2) is 31.0 Å². The second kappa shape index (κ2) is 7.90. The first kappa shape index (κ1) is 19.7. The third-order valence-electron chi connectivity index (χ3n) is 5.16. The van der Waals surface area contributed by atoms with Gasteiger partial charge in [0.05, 0.1) is 23.7 Å². The molecule has 148 valence electrons. The average Bonchev–Trinajstić information content (AvgIpc) is 2.59. The highest BCUT2D eigenvalue weighted by Gasteiger charge is 2.36. The van der Waals surface area contributed by atoms with E-state index in [-0.39, 0.29) is 18.1 Å². The first-order valence-corrected chi connectivity index (χ1v) is 9.51. The SMILES string of the molecule is CCCc1cc(=O)oc2c3c(cc(OC(C)COC)c12)O[C@H](C)[C@@H](C)[C@@H]3O. The Kier molecular flexibility index (Phi) is 5.77. The molecule has 1 aromatic heterocycles. The Morgan fingerprint density at radius 1 is 1.30 bits per heavy atom. The standard InChI is InChI=1S/C21H28O6/c1-6-7-14-8-17(22)27-21-18(14)15(25-11(2)10-24-5)9-16-19(21)20(23)12(3)13(4)26-16/h8-9,11-13,20,23H,6-7,10H2,1-5H3/t11?,12-,13-,20+/m1/s1. The number of aliphatic hydroxyl groups is 1. The van der Waals surface area contributed by atoms with Crippen LogP contribution in [0.1, 0.15) is 51.3 Å². The molecule has 1 N–H and O–H groups in total. The summed E-state index contributed by atoms with van der Waals surface area (Å²) in [6.45, 7) is 8.22. The van der Waals surface area contributed by atoms with Gasteiger partial charge >= 0.3 is 5.63 Å². The van der Waals surface area contributed by atoms with E-state index in [4.69, 9.17) is 18.6 Å². The highest BCUT2D eigenvalue weighted by molar-refractivity contribution is 5.91. The zero-order chi connectivity index (χ0) is 19.7. The fraction of sp³-hybridized carbons (Fsp3) is 0.571. The monoisotopic (exact) mass is 376 g/mol. The molecule has 2 aromatic rings. The zero-order valence-electron chi connectivity index (χ0n) is 16.6. The third kappa shape index (κ3) is 3.69. The smallest absolute Gasteiger partial charge is 0.336 e. The van der Waals surface area contributed by atoms with Gasteiger partial charge in [0, 0.05) is 25.2 Å². The molecule has 3 rings (SSSR count). The summed E-state index contributed by atoms with van der Waals surface area (Å²) in [4.78, 5) is 12.2. The van der Waals surface area contributed by atoms with Crippen LogP contribution in [0.2, 0.25) is 0 Å². The summed E-state index contributed by atoms with van der Waals surface area (Å²) < 4.78 is 22.9. The number of ether oxygens (including phenoxy) is 3. The maximum Gasteiger partial charge on any atom is 0.336 e. The van der Waals surface area contributed by atoms with Crippen molar-refractivity contribution in [2.75, 3.05) is 13.7 Å². The molecule has 0 spiro atoms. The number of aryl methyl sites for hydroxylation is 1. The lowest BCUT2D eigenvalue weighted by Crippen LogP contribution is -2.32. The average molecular weight is 376 g/mol. The van der Waals surface area contributed by atoms with Crippen molar-refractivity contribution in [2.24, 2.45) is 5.92 Å². The summed E-state index contributed by atoms with van der Waals surface area (Å²) >= 11 is 0. The van der Waals surface area contributed by atoms with E-state index in [0.29, 0.717) is 35.7 Å². The summed E-state index contributed by atoms with van der Waals surface area (Å²) in [6.07, 6.45) is 0.438. The van der Waals surface area contributed by atoms with Crippen molar-refractivity contribution in [1.29, 1.82) is 0 Å². The Morgan fingerprint density at radius 3 is 2.70 bits per heavy atom. The molecule has 0 fully saturated rings. The summed E-state index contributed by atoms with van der Waals surface area (Å²) in [6, 6.07) is 3.31. The van der Waals surface area contributed by atoms with Gasteiger partial charge in [-0.1, -0.05) is 20.3 Å². The van der Waals surface area contributed by atoms with Crippen LogP contribution in [0.5, 0.6) is 11.5 Å². The molecule has 6 nitrogen and oxygen atoms in total. The number of aliphatic hydroxyl groups excluding tert-OH is 1. The van der Waals surface area contributed by atoms with Crippen LogP contribution in [0, 0.1) is 5.92 Å². The van der Waals surface area contributed by atoms with Crippen LogP contribution < -0.4 is 15.1 Å². The molecule has 1 aliphatic heterocycles. The van der Waals surface area contributed by atoms with E-state index in [1.807, 2.05) is 20.8 Å². The largest absolute Gasteiger partial charge is 0.490 e. The molecule has 6 heteroatoms. The molecule has 1 unspecified atom stereocenters. The lowest BCUT2D eigenvalue weighted by atomic mass is 9.87. The second-order valence-electron chi connectivity index (χ2n) is 7.34. The lowest BCUT2D eigenvalue weighted by Gasteiger charge is -2.34. The van der Waals surface area contributed by atoms with Crippen molar-refractivity contribution in [2.45, 2.75) is 58.8 Å². The van der Waals surface area contributed by atoms with Crippen LogP contribution in [0.15, 0.2) is 21.3 Å². The molecular weight excluding hydrogens is 348 g/mol. The molecule has 0 saturated heterocycles. The van der Waals surface area contributed by atoms with Crippen LogP contribution in [0.4, 0.5) is 0 Å². The number of hydrogen-bond donors (Lipinski definition) is 1. The van der Waals surface area contributed by atoms with Gasteiger partial charge in [-0.3, -0.25) is 0 Å². The molecule has 2 heterocycles. The summed E-state index contributed by atoms with van der Waals surface area (Å²) in [7, 11) is 1.62. The second-order valence-corrected chi connectivity index (χ2v) is 7.34. The minimum absolute atomic E-state index is 0.125. The minimum Gasteiger partial charge on any atom is -0.490 e. The van der Waals surface area contributed by atoms with Crippen LogP contribution in [0.3, 0.4) is 0 Å². The molecule has 1 aromatic carbocycles. The number of benzene rings is 1. The summed E-state index contributed by atoms with van der Waals surface area (Å²) in [5.74, 6) is 0.950. The lowest BCUT2D eigenvalue weighted by molar-refractivity contribution is 0.0175. The van der Waals surface area contributed by atoms with E-state index in [1.165, 1.54) is 6.07 Å². The number of methoxy groups -OCH3 is 1. The molecule has 0 bridgehead atoms. The van der Waals surface area contributed by atoms with Gasteiger partial charge in [-0.05, 0) is 25.8 Å². The number of rotatable bonds is 6. The van der Waals surface area contributed by atoms with Gasteiger partial charge in [0.15, 0.2) is 5.58 Å². The Balaban J connectivity index is 2.29. The van der Waals surface area contributed by atoms with Crippen molar-refractivity contribution in [3.63, 3.8) is 0 Å². The van der Waals surface area contributed by atoms with Crippen molar-refractivity contribution in [3.05, 3.63) is 33.7 Å². The zero-order valence-corrected chi connectivity index (χ0v) is 16.6. The van der Waals surface area contributed by atoms with Crippen LogP contribution in [0.25, 0.3) is 11.0 Å². The van der Waals surface area contributed by atoms with Gasteiger partial charge in [-0.15, -0.1) is 0 Å². The number of hydrogen-bond acceptors (Lipinski definition) is 6. The van der Waals surface area contributed by atoms with E-state index in [1.54, 1.807) is 13.2 Å². The van der Waals surface area contributed by atoms with Crippen LogP contribution >= 0.6 is 0 Å². The minimum atomic E-state index is -0.781. The van der Waals surface area contributed by atoms with Gasteiger partial charge in [0.25, 0.3) is 0 Å². The van der Waals surface area contributed by atoms with Crippen LogP contribution in [-0.2, 0) is 11.2 Å². The van der Waals surface area contributed by atoms with E-state index in [9.17, 15) is 9.90 Å². The highest BCUT2D eigenvalue weighted by atomic mass is 16.5. The first-order valence-electron chi connectivity index (χ1n) is 9.51. The van der Waals surface area contributed by atoms with E-state index < -0.39 is 11.7 Å². The van der Waals surface area contributed by atoms with Crippen molar-refractivity contribution < 1.29 is 23.7 Å².